The number of nitrogens with one attached hydrogen (secondary N) is 2. The summed E-state index contributed by atoms with van der Waals surface area (Å²) < 4.78 is 0. The first-order valence-corrected chi connectivity index (χ1v) is 9.83. The Bertz CT molecular complexity index is 822. The first-order chi connectivity index (χ1) is 13.1. The van der Waals surface area contributed by atoms with Crippen molar-refractivity contribution in [3.63, 3.8) is 0 Å². The van der Waals surface area contributed by atoms with Gasteiger partial charge in [-0.1, -0.05) is 60.7 Å². The summed E-state index contributed by atoms with van der Waals surface area (Å²) in [5, 5.41) is 16.0. The van der Waals surface area contributed by atoms with Crippen LogP contribution in [0, 0.1) is 0 Å². The molecule has 1 aliphatic heterocycles. The second kappa shape index (κ2) is 9.28. The van der Waals surface area contributed by atoms with Crippen LogP contribution in [0.4, 0.5) is 0 Å². The van der Waals surface area contributed by atoms with E-state index in [0.717, 1.165) is 29.3 Å². The van der Waals surface area contributed by atoms with Gasteiger partial charge >= 0.3 is 0 Å². The SMILES string of the molecule is O=C(CSC1=C(O)C(Cc2ccccc2)NC1=O)NCCc1ccccc1. The Labute approximate surface area is 162 Å². The molecule has 0 bridgehead atoms. The van der Waals surface area contributed by atoms with Gasteiger partial charge < -0.3 is 15.7 Å². The highest BCUT2D eigenvalue weighted by Crippen LogP contribution is 2.27. The molecule has 0 aliphatic carbocycles. The molecule has 1 heterocycles. The summed E-state index contributed by atoms with van der Waals surface area (Å²) in [6.07, 6.45) is 1.27. The van der Waals surface area contributed by atoms with Crippen molar-refractivity contribution in [1.29, 1.82) is 0 Å². The molecular weight excluding hydrogens is 360 g/mol. The maximum atomic E-state index is 12.1. The van der Waals surface area contributed by atoms with Crippen molar-refractivity contribution in [2.75, 3.05) is 12.3 Å². The molecule has 3 rings (SSSR count). The number of benzene rings is 2. The number of carbonyl (C=O) groups is 2. The van der Waals surface area contributed by atoms with Crippen LogP contribution in [0.3, 0.4) is 0 Å². The van der Waals surface area contributed by atoms with Crippen LogP contribution in [0.2, 0.25) is 0 Å². The molecule has 0 fully saturated rings. The largest absolute Gasteiger partial charge is 0.509 e. The molecule has 6 heteroatoms. The van der Waals surface area contributed by atoms with E-state index in [1.54, 1.807) is 0 Å². The van der Waals surface area contributed by atoms with Crippen molar-refractivity contribution in [3.05, 3.63) is 82.5 Å². The van der Waals surface area contributed by atoms with E-state index in [9.17, 15) is 14.7 Å². The molecule has 0 saturated carbocycles. The van der Waals surface area contributed by atoms with Crippen LogP contribution in [-0.2, 0) is 22.4 Å². The van der Waals surface area contributed by atoms with Gasteiger partial charge in [0, 0.05) is 6.54 Å². The molecule has 0 spiro atoms. The van der Waals surface area contributed by atoms with Crippen LogP contribution >= 0.6 is 11.8 Å². The zero-order valence-corrected chi connectivity index (χ0v) is 15.7. The van der Waals surface area contributed by atoms with Crippen LogP contribution in [0.25, 0.3) is 0 Å². The Morgan fingerprint density at radius 2 is 1.67 bits per heavy atom. The lowest BCUT2D eigenvalue weighted by atomic mass is 10.1. The average Bonchev–Trinajstić information content (AvgIpc) is 2.95. The number of aliphatic hydroxyl groups is 1. The van der Waals surface area contributed by atoms with E-state index >= 15 is 0 Å². The summed E-state index contributed by atoms with van der Waals surface area (Å²) in [6.45, 7) is 0.539. The normalized spacial score (nSPS) is 16.3. The molecule has 1 unspecified atom stereocenters. The smallest absolute Gasteiger partial charge is 0.261 e. The maximum Gasteiger partial charge on any atom is 0.261 e. The molecule has 5 nitrogen and oxygen atoms in total. The van der Waals surface area contributed by atoms with Gasteiger partial charge in [0.2, 0.25) is 5.91 Å². The first kappa shape index (κ1) is 19.0. The van der Waals surface area contributed by atoms with Crippen LogP contribution < -0.4 is 10.6 Å². The number of thioether (sulfide) groups is 1. The lowest BCUT2D eigenvalue weighted by Gasteiger charge is -2.10. The zero-order valence-electron chi connectivity index (χ0n) is 14.9. The summed E-state index contributed by atoms with van der Waals surface area (Å²) >= 11 is 1.07. The maximum absolute atomic E-state index is 12.1. The Kier molecular flexibility index (Phi) is 6.54. The number of hydrogen-bond acceptors (Lipinski definition) is 4. The molecule has 1 aliphatic rings. The van der Waals surface area contributed by atoms with E-state index in [-0.39, 0.29) is 28.2 Å². The summed E-state index contributed by atoms with van der Waals surface area (Å²) in [7, 11) is 0. The number of hydrogen-bond donors (Lipinski definition) is 3. The topological polar surface area (TPSA) is 78.4 Å². The molecule has 2 amide bonds. The van der Waals surface area contributed by atoms with Gasteiger partial charge in [-0.25, -0.2) is 0 Å². The molecule has 140 valence electrons. The van der Waals surface area contributed by atoms with Crippen LogP contribution in [0.15, 0.2) is 71.3 Å². The van der Waals surface area contributed by atoms with Crippen molar-refractivity contribution >= 4 is 23.6 Å². The minimum Gasteiger partial charge on any atom is -0.509 e. The highest BCUT2D eigenvalue weighted by Gasteiger charge is 2.32. The minimum atomic E-state index is -0.441. The molecular formula is C21H22N2O3S. The molecule has 1 atom stereocenters. The fraction of sp³-hybridized carbons (Fsp3) is 0.238. The third-order valence-corrected chi connectivity index (χ3v) is 5.37. The third kappa shape index (κ3) is 5.37. The Hall–Kier alpha value is -2.73. The first-order valence-electron chi connectivity index (χ1n) is 8.85. The summed E-state index contributed by atoms with van der Waals surface area (Å²) in [6, 6.07) is 19.1. The van der Waals surface area contributed by atoms with Gasteiger partial charge in [-0.15, -0.1) is 11.8 Å². The van der Waals surface area contributed by atoms with Gasteiger partial charge in [0.1, 0.15) is 10.7 Å². The molecule has 2 aromatic rings. The van der Waals surface area contributed by atoms with Crippen LogP contribution in [0.5, 0.6) is 0 Å². The van der Waals surface area contributed by atoms with Gasteiger partial charge in [0.05, 0.1) is 11.8 Å². The van der Waals surface area contributed by atoms with Gasteiger partial charge in [-0.2, -0.15) is 0 Å². The van der Waals surface area contributed by atoms with Crippen molar-refractivity contribution in [2.45, 2.75) is 18.9 Å². The summed E-state index contributed by atoms with van der Waals surface area (Å²) in [5.74, 6) is -0.364. The van der Waals surface area contributed by atoms with E-state index in [0.29, 0.717) is 13.0 Å². The van der Waals surface area contributed by atoms with Crippen molar-refractivity contribution in [3.8, 4) is 0 Å². The highest BCUT2D eigenvalue weighted by molar-refractivity contribution is 8.04. The predicted molar refractivity (Wildman–Crippen MR) is 107 cm³/mol. The number of aliphatic hydroxyl groups excluding tert-OH is 1. The fourth-order valence-electron chi connectivity index (χ4n) is 2.88. The number of carbonyl (C=O) groups excluding carboxylic acids is 2. The zero-order chi connectivity index (χ0) is 19.1. The average molecular weight is 382 g/mol. The summed E-state index contributed by atoms with van der Waals surface area (Å²) in [5.41, 5.74) is 2.18. The Balaban J connectivity index is 1.47. The molecule has 0 aromatic heterocycles. The Morgan fingerprint density at radius 1 is 1.04 bits per heavy atom. The molecule has 3 N–H and O–H groups in total. The van der Waals surface area contributed by atoms with Crippen LogP contribution in [-0.4, -0.2) is 35.3 Å². The van der Waals surface area contributed by atoms with Gasteiger partial charge in [-0.05, 0) is 24.0 Å². The van der Waals surface area contributed by atoms with Crippen molar-refractivity contribution < 1.29 is 14.7 Å². The van der Waals surface area contributed by atoms with Crippen molar-refractivity contribution in [1.82, 2.24) is 10.6 Å². The highest BCUT2D eigenvalue weighted by atomic mass is 32.2. The molecule has 27 heavy (non-hydrogen) atoms. The number of amides is 2. The van der Waals surface area contributed by atoms with E-state index < -0.39 is 6.04 Å². The van der Waals surface area contributed by atoms with Gasteiger partial charge in [-0.3, -0.25) is 9.59 Å². The van der Waals surface area contributed by atoms with Crippen molar-refractivity contribution in [2.24, 2.45) is 0 Å². The van der Waals surface area contributed by atoms with E-state index in [4.69, 9.17) is 0 Å². The van der Waals surface area contributed by atoms with Gasteiger partial charge in [0.15, 0.2) is 0 Å². The molecule has 0 radical (unpaired) electrons. The quantitative estimate of drug-likeness (QED) is 0.656. The third-order valence-electron chi connectivity index (χ3n) is 4.28. The second-order valence-corrected chi connectivity index (χ2v) is 7.29. The number of rotatable bonds is 8. The lowest BCUT2D eigenvalue weighted by molar-refractivity contribution is -0.118. The second-order valence-electron chi connectivity index (χ2n) is 6.30. The van der Waals surface area contributed by atoms with E-state index in [2.05, 4.69) is 10.6 Å². The molecule has 2 aromatic carbocycles. The fourth-order valence-corrected chi connectivity index (χ4v) is 3.74. The van der Waals surface area contributed by atoms with E-state index in [1.807, 2.05) is 60.7 Å². The minimum absolute atomic E-state index is 0.0194. The lowest BCUT2D eigenvalue weighted by Crippen LogP contribution is -2.31. The molecule has 0 saturated heterocycles. The Morgan fingerprint density at radius 3 is 2.33 bits per heavy atom. The van der Waals surface area contributed by atoms with Gasteiger partial charge in [0.25, 0.3) is 5.91 Å². The monoisotopic (exact) mass is 382 g/mol. The van der Waals surface area contributed by atoms with E-state index in [1.165, 1.54) is 0 Å². The van der Waals surface area contributed by atoms with Crippen LogP contribution in [0.1, 0.15) is 11.1 Å². The summed E-state index contributed by atoms with van der Waals surface area (Å²) in [4.78, 5) is 24.4. The standard InChI is InChI=1S/C21H22N2O3S/c24-18(22-12-11-15-7-3-1-4-8-15)14-27-20-19(25)17(23-21(20)26)13-16-9-5-2-6-10-16/h1-10,17,25H,11-14H2,(H,22,24)(H,23,26). The predicted octanol–water partition coefficient (Wildman–Crippen LogP) is 2.59.